The van der Waals surface area contributed by atoms with Crippen molar-refractivity contribution in [2.75, 3.05) is 31.7 Å². The van der Waals surface area contributed by atoms with Gasteiger partial charge >= 0.3 is 0 Å². The van der Waals surface area contributed by atoms with E-state index in [9.17, 15) is 13.2 Å². The molecule has 5 nitrogen and oxygen atoms in total. The number of carbonyl (C=O) groups excluding carboxylic acids is 1. The van der Waals surface area contributed by atoms with Gasteiger partial charge in [0.1, 0.15) is 22.2 Å². The second-order valence-electron chi connectivity index (χ2n) is 4.63. The number of likely N-dealkylation sites (N-methyl/N-ethyl adjacent to an activating group) is 1. The summed E-state index contributed by atoms with van der Waals surface area (Å²) in [5.74, 6) is 0.248. The average molecular weight is 334 g/mol. The number of nitrogens with zero attached hydrogens (tertiary/aromatic N) is 1. The molecule has 0 atom stereocenters. The molecular weight excluding hydrogens is 314 g/mol. The highest BCUT2D eigenvalue weighted by molar-refractivity contribution is 7.90. The molecule has 118 valence electrons. The van der Waals surface area contributed by atoms with E-state index >= 15 is 0 Å². The van der Waals surface area contributed by atoms with Crippen LogP contribution in [0.4, 0.5) is 0 Å². The van der Waals surface area contributed by atoms with Crippen LogP contribution in [0.3, 0.4) is 0 Å². The van der Waals surface area contributed by atoms with Gasteiger partial charge in [-0.15, -0.1) is 0 Å². The van der Waals surface area contributed by atoms with E-state index in [-0.39, 0.29) is 18.1 Å². The highest BCUT2D eigenvalue weighted by atomic mass is 35.5. The molecule has 0 aliphatic heterocycles. The summed E-state index contributed by atoms with van der Waals surface area (Å²) in [6.45, 7) is 3.05. The van der Waals surface area contributed by atoms with Gasteiger partial charge < -0.3 is 9.64 Å². The van der Waals surface area contributed by atoms with Gasteiger partial charge in [0.2, 0.25) is 5.91 Å². The summed E-state index contributed by atoms with van der Waals surface area (Å²) < 4.78 is 27.7. The van der Waals surface area contributed by atoms with Gasteiger partial charge in [0.05, 0.1) is 17.3 Å². The quantitative estimate of drug-likeness (QED) is 0.730. The van der Waals surface area contributed by atoms with Crippen molar-refractivity contribution in [2.24, 2.45) is 0 Å². The third-order valence-corrected chi connectivity index (χ3v) is 4.13. The van der Waals surface area contributed by atoms with Crippen molar-refractivity contribution >= 4 is 27.3 Å². The lowest BCUT2D eigenvalue weighted by Gasteiger charge is -2.21. The molecular formula is C14H20ClNO4S. The first-order valence-corrected chi connectivity index (χ1v) is 9.10. The predicted molar refractivity (Wildman–Crippen MR) is 83.5 cm³/mol. The standard InChI is InChI=1S/C14H20ClNO4S/c1-3-16(14(17)8-11-21(2,18)19)9-10-20-13-7-5-4-6-12(13)15/h4-7H,3,8-11H2,1-2H3. The molecule has 0 heterocycles. The van der Waals surface area contributed by atoms with Crippen LogP contribution in [0.25, 0.3) is 0 Å². The van der Waals surface area contributed by atoms with E-state index in [2.05, 4.69) is 0 Å². The lowest BCUT2D eigenvalue weighted by molar-refractivity contribution is -0.130. The number of amides is 1. The Morgan fingerprint density at radius 1 is 1.33 bits per heavy atom. The number of rotatable bonds is 8. The Balaban J connectivity index is 2.44. The Labute approximate surface area is 130 Å². The first-order valence-electron chi connectivity index (χ1n) is 6.66. The maximum atomic E-state index is 11.9. The molecule has 1 aromatic carbocycles. The van der Waals surface area contributed by atoms with E-state index < -0.39 is 9.84 Å². The summed E-state index contributed by atoms with van der Waals surface area (Å²) in [4.78, 5) is 13.5. The Morgan fingerprint density at radius 2 is 2.00 bits per heavy atom. The van der Waals surface area contributed by atoms with Crippen LogP contribution in [0.5, 0.6) is 5.75 Å². The molecule has 0 aromatic heterocycles. The fraction of sp³-hybridized carbons (Fsp3) is 0.500. The molecule has 0 unspecified atom stereocenters. The van der Waals surface area contributed by atoms with Gasteiger partial charge in [-0.25, -0.2) is 8.42 Å². The van der Waals surface area contributed by atoms with Crippen LogP contribution in [0.1, 0.15) is 13.3 Å². The molecule has 0 saturated carbocycles. The van der Waals surface area contributed by atoms with Gasteiger partial charge in [-0.3, -0.25) is 4.79 Å². The van der Waals surface area contributed by atoms with Crippen LogP contribution in [0, 0.1) is 0 Å². The van der Waals surface area contributed by atoms with Crippen LogP contribution in [-0.4, -0.2) is 50.9 Å². The largest absolute Gasteiger partial charge is 0.490 e. The van der Waals surface area contributed by atoms with E-state index in [1.165, 1.54) is 0 Å². The van der Waals surface area contributed by atoms with E-state index in [0.717, 1.165) is 6.26 Å². The normalized spacial score (nSPS) is 11.2. The number of para-hydroxylation sites is 1. The van der Waals surface area contributed by atoms with Crippen LogP contribution in [-0.2, 0) is 14.6 Å². The summed E-state index contributed by atoms with van der Waals surface area (Å²) >= 11 is 5.96. The first-order chi connectivity index (χ1) is 9.83. The smallest absolute Gasteiger partial charge is 0.223 e. The maximum absolute atomic E-state index is 11.9. The van der Waals surface area contributed by atoms with E-state index in [1.54, 1.807) is 17.0 Å². The van der Waals surface area contributed by atoms with Gasteiger partial charge in [-0.05, 0) is 19.1 Å². The van der Waals surface area contributed by atoms with E-state index in [0.29, 0.717) is 30.5 Å². The summed E-state index contributed by atoms with van der Waals surface area (Å²) in [6, 6.07) is 7.11. The van der Waals surface area contributed by atoms with Crippen molar-refractivity contribution in [1.82, 2.24) is 4.90 Å². The molecule has 0 aliphatic rings. The topological polar surface area (TPSA) is 63.7 Å². The highest BCUT2D eigenvalue weighted by Crippen LogP contribution is 2.22. The number of carbonyl (C=O) groups is 1. The molecule has 1 amide bonds. The van der Waals surface area contributed by atoms with Crippen LogP contribution in [0.2, 0.25) is 5.02 Å². The van der Waals surface area contributed by atoms with Gasteiger partial charge in [-0.1, -0.05) is 23.7 Å². The molecule has 1 aromatic rings. The van der Waals surface area contributed by atoms with Crippen LogP contribution < -0.4 is 4.74 Å². The zero-order chi connectivity index (χ0) is 15.9. The van der Waals surface area contributed by atoms with Crippen molar-refractivity contribution in [2.45, 2.75) is 13.3 Å². The summed E-state index contributed by atoms with van der Waals surface area (Å²) in [7, 11) is -3.13. The van der Waals surface area contributed by atoms with Crippen molar-refractivity contribution in [3.8, 4) is 5.75 Å². The van der Waals surface area contributed by atoms with E-state index in [1.807, 2.05) is 19.1 Å². The zero-order valence-electron chi connectivity index (χ0n) is 12.2. The molecule has 0 aliphatic carbocycles. The van der Waals surface area contributed by atoms with E-state index in [4.69, 9.17) is 16.3 Å². The number of benzene rings is 1. The minimum atomic E-state index is -3.13. The number of hydrogen-bond donors (Lipinski definition) is 0. The molecule has 1 rings (SSSR count). The highest BCUT2D eigenvalue weighted by Gasteiger charge is 2.14. The fourth-order valence-corrected chi connectivity index (χ4v) is 2.45. The van der Waals surface area contributed by atoms with Crippen LogP contribution in [0.15, 0.2) is 24.3 Å². The van der Waals surface area contributed by atoms with Crippen LogP contribution >= 0.6 is 11.6 Å². The predicted octanol–water partition coefficient (Wildman–Crippen LogP) is 2.00. The third kappa shape index (κ3) is 6.82. The van der Waals surface area contributed by atoms with Crippen molar-refractivity contribution < 1.29 is 17.9 Å². The number of hydrogen-bond acceptors (Lipinski definition) is 4. The van der Waals surface area contributed by atoms with Gasteiger partial charge in [-0.2, -0.15) is 0 Å². The molecule has 21 heavy (non-hydrogen) atoms. The monoisotopic (exact) mass is 333 g/mol. The SMILES string of the molecule is CCN(CCOc1ccccc1Cl)C(=O)CCS(C)(=O)=O. The molecule has 0 spiro atoms. The van der Waals surface area contributed by atoms with Crippen molar-refractivity contribution in [3.63, 3.8) is 0 Å². The Bertz CT molecular complexity index is 574. The molecule has 0 fully saturated rings. The average Bonchev–Trinajstić information content (AvgIpc) is 2.42. The number of sulfone groups is 1. The van der Waals surface area contributed by atoms with Crippen molar-refractivity contribution in [1.29, 1.82) is 0 Å². The van der Waals surface area contributed by atoms with Gasteiger partial charge in [0, 0.05) is 19.2 Å². The molecule has 0 N–H and O–H groups in total. The minimum absolute atomic E-state index is 0.00122. The Hall–Kier alpha value is -1.27. The molecule has 0 radical (unpaired) electrons. The molecule has 0 bridgehead atoms. The summed E-state index contributed by atoms with van der Waals surface area (Å²) in [5.41, 5.74) is 0. The summed E-state index contributed by atoms with van der Waals surface area (Å²) in [6.07, 6.45) is 1.12. The number of halogens is 1. The lowest BCUT2D eigenvalue weighted by atomic mass is 10.3. The molecule has 0 saturated heterocycles. The minimum Gasteiger partial charge on any atom is -0.490 e. The first kappa shape index (κ1) is 17.8. The van der Waals surface area contributed by atoms with Gasteiger partial charge in [0.25, 0.3) is 0 Å². The number of ether oxygens (including phenoxy) is 1. The molecule has 7 heteroatoms. The zero-order valence-corrected chi connectivity index (χ0v) is 13.8. The Kier molecular flexibility index (Phi) is 6.98. The summed E-state index contributed by atoms with van der Waals surface area (Å²) in [5, 5.41) is 0.518. The fourth-order valence-electron chi connectivity index (χ4n) is 1.72. The lowest BCUT2D eigenvalue weighted by Crippen LogP contribution is -2.35. The second-order valence-corrected chi connectivity index (χ2v) is 7.30. The van der Waals surface area contributed by atoms with Gasteiger partial charge in [0.15, 0.2) is 0 Å². The third-order valence-electron chi connectivity index (χ3n) is 2.88. The van der Waals surface area contributed by atoms with Crippen molar-refractivity contribution in [3.05, 3.63) is 29.3 Å². The Morgan fingerprint density at radius 3 is 2.57 bits per heavy atom. The second kappa shape index (κ2) is 8.24. The maximum Gasteiger partial charge on any atom is 0.223 e.